The molecule has 5 heteroatoms. The van der Waals surface area contributed by atoms with E-state index in [0.717, 1.165) is 5.69 Å². The zero-order valence-electron chi connectivity index (χ0n) is 13.0. The first kappa shape index (κ1) is 16.0. The number of guanidine groups is 1. The average molecular weight is 337 g/mol. The fourth-order valence-corrected chi connectivity index (χ4v) is 2.72. The molecular weight excluding hydrogens is 320 g/mol. The van der Waals surface area contributed by atoms with Gasteiger partial charge >= 0.3 is 0 Å². The quantitative estimate of drug-likeness (QED) is 0.549. The first-order valence-corrected chi connectivity index (χ1v) is 7.91. The van der Waals surface area contributed by atoms with E-state index in [2.05, 4.69) is 17.1 Å². The SMILES string of the molecule is N=C(N)N(c1cccc(Cc2ccccc2)n1)c1ccccc1Cl. The van der Waals surface area contributed by atoms with Gasteiger partial charge in [0.05, 0.1) is 10.7 Å². The predicted molar refractivity (Wildman–Crippen MR) is 99.0 cm³/mol. The van der Waals surface area contributed by atoms with Gasteiger partial charge in [0.15, 0.2) is 5.96 Å². The summed E-state index contributed by atoms with van der Waals surface area (Å²) in [4.78, 5) is 6.19. The molecule has 0 saturated carbocycles. The van der Waals surface area contributed by atoms with Gasteiger partial charge in [-0.05, 0) is 29.8 Å². The third kappa shape index (κ3) is 3.55. The predicted octanol–water partition coefficient (Wildman–Crippen LogP) is 4.36. The molecule has 3 rings (SSSR count). The summed E-state index contributed by atoms with van der Waals surface area (Å²) in [6, 6.07) is 23.1. The van der Waals surface area contributed by atoms with Gasteiger partial charge in [-0.15, -0.1) is 0 Å². The summed E-state index contributed by atoms with van der Waals surface area (Å²) in [6.07, 6.45) is 0.711. The van der Waals surface area contributed by atoms with Crippen molar-refractivity contribution >= 4 is 29.1 Å². The van der Waals surface area contributed by atoms with Gasteiger partial charge in [-0.25, -0.2) is 4.98 Å². The number of nitrogens with one attached hydrogen (secondary N) is 1. The maximum atomic E-state index is 7.92. The Morgan fingerprint density at radius 2 is 1.67 bits per heavy atom. The number of anilines is 2. The maximum Gasteiger partial charge on any atom is 0.198 e. The highest BCUT2D eigenvalue weighted by atomic mass is 35.5. The van der Waals surface area contributed by atoms with Crippen LogP contribution < -0.4 is 10.6 Å². The monoisotopic (exact) mass is 336 g/mol. The molecule has 0 saturated heterocycles. The molecule has 0 aliphatic rings. The van der Waals surface area contributed by atoms with Crippen LogP contribution in [0.1, 0.15) is 11.3 Å². The Balaban J connectivity index is 1.96. The molecule has 0 amide bonds. The average Bonchev–Trinajstić information content (AvgIpc) is 2.58. The van der Waals surface area contributed by atoms with Gasteiger partial charge in [0, 0.05) is 12.1 Å². The highest BCUT2D eigenvalue weighted by Gasteiger charge is 2.16. The van der Waals surface area contributed by atoms with Crippen LogP contribution in [0.25, 0.3) is 0 Å². The van der Waals surface area contributed by atoms with E-state index in [0.29, 0.717) is 22.9 Å². The van der Waals surface area contributed by atoms with Crippen LogP contribution in [0.3, 0.4) is 0 Å². The van der Waals surface area contributed by atoms with Crippen LogP contribution in [-0.2, 0) is 6.42 Å². The lowest BCUT2D eigenvalue weighted by atomic mass is 10.1. The van der Waals surface area contributed by atoms with E-state index in [4.69, 9.17) is 22.7 Å². The summed E-state index contributed by atoms with van der Waals surface area (Å²) in [6.45, 7) is 0. The molecule has 3 N–H and O–H groups in total. The van der Waals surface area contributed by atoms with Crippen LogP contribution in [0.4, 0.5) is 11.5 Å². The van der Waals surface area contributed by atoms with Crippen molar-refractivity contribution in [1.82, 2.24) is 4.98 Å². The lowest BCUT2D eigenvalue weighted by molar-refractivity contribution is 1.05. The van der Waals surface area contributed by atoms with Gasteiger partial charge in [-0.3, -0.25) is 10.3 Å². The van der Waals surface area contributed by atoms with Gasteiger partial charge in [-0.2, -0.15) is 0 Å². The van der Waals surface area contributed by atoms with Crippen molar-refractivity contribution in [2.24, 2.45) is 5.73 Å². The number of hydrogen-bond acceptors (Lipinski definition) is 2. The van der Waals surface area contributed by atoms with Crippen LogP contribution in [-0.4, -0.2) is 10.9 Å². The second kappa shape index (κ2) is 7.15. The van der Waals surface area contributed by atoms with Crippen LogP contribution in [0, 0.1) is 5.41 Å². The fourth-order valence-electron chi connectivity index (χ4n) is 2.50. The molecule has 0 radical (unpaired) electrons. The largest absolute Gasteiger partial charge is 0.369 e. The minimum Gasteiger partial charge on any atom is -0.369 e. The summed E-state index contributed by atoms with van der Waals surface area (Å²) in [5.74, 6) is 0.441. The summed E-state index contributed by atoms with van der Waals surface area (Å²) in [5, 5.41) is 8.44. The molecule has 0 fully saturated rings. The lowest BCUT2D eigenvalue weighted by Gasteiger charge is -2.23. The number of hydrogen-bond donors (Lipinski definition) is 2. The fraction of sp³-hybridized carbons (Fsp3) is 0.0526. The number of rotatable bonds is 4. The Kier molecular flexibility index (Phi) is 4.77. The second-order valence-electron chi connectivity index (χ2n) is 5.32. The normalized spacial score (nSPS) is 10.4. The molecule has 1 aromatic heterocycles. The Morgan fingerprint density at radius 1 is 0.958 bits per heavy atom. The second-order valence-corrected chi connectivity index (χ2v) is 5.73. The number of para-hydroxylation sites is 1. The smallest absolute Gasteiger partial charge is 0.198 e. The van der Waals surface area contributed by atoms with E-state index in [-0.39, 0.29) is 5.96 Å². The molecule has 0 aliphatic carbocycles. The standard InChI is InChI=1S/C19H17ClN4/c20-16-10-4-5-11-17(16)24(19(21)22)18-12-6-9-15(23-18)13-14-7-2-1-3-8-14/h1-12H,13H2,(H3,21,22). The highest BCUT2D eigenvalue weighted by molar-refractivity contribution is 6.34. The van der Waals surface area contributed by atoms with Crippen molar-refractivity contribution in [2.75, 3.05) is 4.90 Å². The van der Waals surface area contributed by atoms with Gasteiger partial charge < -0.3 is 5.73 Å². The number of halogens is 1. The molecule has 0 unspecified atom stereocenters. The first-order chi connectivity index (χ1) is 11.6. The molecular formula is C19H17ClN4. The van der Waals surface area contributed by atoms with E-state index in [1.165, 1.54) is 10.5 Å². The van der Waals surface area contributed by atoms with Gasteiger partial charge in [0.2, 0.25) is 0 Å². The van der Waals surface area contributed by atoms with Gasteiger partial charge in [0.25, 0.3) is 0 Å². The molecule has 0 aliphatic heterocycles. The zero-order valence-corrected chi connectivity index (χ0v) is 13.7. The van der Waals surface area contributed by atoms with Crippen molar-refractivity contribution in [3.8, 4) is 0 Å². The minimum atomic E-state index is -0.132. The lowest BCUT2D eigenvalue weighted by Crippen LogP contribution is -2.33. The van der Waals surface area contributed by atoms with Gasteiger partial charge in [0.1, 0.15) is 5.82 Å². The van der Waals surface area contributed by atoms with E-state index in [1.54, 1.807) is 6.07 Å². The Bertz CT molecular complexity index is 849. The third-order valence-corrected chi connectivity index (χ3v) is 3.90. The summed E-state index contributed by atoms with van der Waals surface area (Å²) in [7, 11) is 0. The number of pyridine rings is 1. The molecule has 0 bridgehead atoms. The summed E-state index contributed by atoms with van der Waals surface area (Å²) in [5.41, 5.74) is 8.49. The first-order valence-electron chi connectivity index (χ1n) is 7.53. The summed E-state index contributed by atoms with van der Waals surface area (Å²) < 4.78 is 0. The van der Waals surface area contributed by atoms with E-state index in [9.17, 15) is 0 Å². The topological polar surface area (TPSA) is 66.0 Å². The number of benzene rings is 2. The molecule has 2 aromatic carbocycles. The van der Waals surface area contributed by atoms with Crippen LogP contribution in [0.2, 0.25) is 5.02 Å². The van der Waals surface area contributed by atoms with Crippen molar-refractivity contribution in [2.45, 2.75) is 6.42 Å². The summed E-state index contributed by atoms with van der Waals surface area (Å²) >= 11 is 6.26. The van der Waals surface area contributed by atoms with Crippen molar-refractivity contribution in [1.29, 1.82) is 5.41 Å². The van der Waals surface area contributed by atoms with Crippen LogP contribution in [0.5, 0.6) is 0 Å². The van der Waals surface area contributed by atoms with Crippen molar-refractivity contribution in [3.63, 3.8) is 0 Å². The molecule has 0 spiro atoms. The number of nitrogens with zero attached hydrogens (tertiary/aromatic N) is 2. The Hall–Kier alpha value is -2.85. The molecule has 24 heavy (non-hydrogen) atoms. The molecule has 1 heterocycles. The number of nitrogens with two attached hydrogens (primary N) is 1. The molecule has 3 aromatic rings. The minimum absolute atomic E-state index is 0.132. The van der Waals surface area contributed by atoms with E-state index in [1.807, 2.05) is 54.6 Å². The maximum absolute atomic E-state index is 7.92. The van der Waals surface area contributed by atoms with Crippen LogP contribution >= 0.6 is 11.6 Å². The number of aromatic nitrogens is 1. The highest BCUT2D eigenvalue weighted by Crippen LogP contribution is 2.30. The van der Waals surface area contributed by atoms with E-state index < -0.39 is 0 Å². The molecule has 120 valence electrons. The van der Waals surface area contributed by atoms with Crippen molar-refractivity contribution < 1.29 is 0 Å². The van der Waals surface area contributed by atoms with Gasteiger partial charge in [-0.1, -0.05) is 60.1 Å². The van der Waals surface area contributed by atoms with Crippen molar-refractivity contribution in [3.05, 3.63) is 89.1 Å². The Labute approximate surface area is 146 Å². The van der Waals surface area contributed by atoms with E-state index >= 15 is 0 Å². The molecule has 4 nitrogen and oxygen atoms in total. The molecule has 0 atom stereocenters. The Morgan fingerprint density at radius 3 is 2.38 bits per heavy atom. The zero-order chi connectivity index (χ0) is 16.9. The van der Waals surface area contributed by atoms with Crippen LogP contribution in [0.15, 0.2) is 72.8 Å². The third-order valence-electron chi connectivity index (χ3n) is 3.58.